The third-order valence-corrected chi connectivity index (χ3v) is 3.68. The number of rotatable bonds is 7. The second-order valence-electron chi connectivity index (χ2n) is 5.13. The number of aryl methyl sites for hydroxylation is 1. The maximum atomic E-state index is 10.8. The number of nitro benzene ring substituents is 1. The highest BCUT2D eigenvalue weighted by Crippen LogP contribution is 2.35. The van der Waals surface area contributed by atoms with E-state index in [1.807, 2.05) is 13.0 Å². The Labute approximate surface area is 140 Å². The van der Waals surface area contributed by atoms with E-state index < -0.39 is 4.92 Å². The van der Waals surface area contributed by atoms with Crippen LogP contribution in [-0.2, 0) is 6.54 Å². The molecule has 0 aromatic heterocycles. The Bertz CT molecular complexity index is 746. The summed E-state index contributed by atoms with van der Waals surface area (Å²) in [6, 6.07) is 8.31. The average Bonchev–Trinajstić information content (AvgIpc) is 2.59. The van der Waals surface area contributed by atoms with E-state index >= 15 is 0 Å². The standard InChI is InChI=1S/C17H20N2O5/c1-11-7-13(19(20)21)5-6-14(11)18-10-12-8-16(23-3)17(24-4)9-15(12)22-2/h5-9,18H,10H2,1-4H3. The van der Waals surface area contributed by atoms with E-state index in [-0.39, 0.29) is 5.69 Å². The first-order valence-electron chi connectivity index (χ1n) is 7.28. The van der Waals surface area contributed by atoms with Gasteiger partial charge in [-0.05, 0) is 24.6 Å². The molecule has 0 spiro atoms. The van der Waals surface area contributed by atoms with Crippen LogP contribution < -0.4 is 19.5 Å². The van der Waals surface area contributed by atoms with E-state index in [0.717, 1.165) is 16.8 Å². The zero-order valence-corrected chi connectivity index (χ0v) is 14.1. The van der Waals surface area contributed by atoms with Crippen molar-refractivity contribution in [2.75, 3.05) is 26.6 Å². The number of hydrogen-bond donors (Lipinski definition) is 1. The topological polar surface area (TPSA) is 82.9 Å². The Morgan fingerprint density at radius 3 is 2.17 bits per heavy atom. The first-order valence-corrected chi connectivity index (χ1v) is 7.28. The summed E-state index contributed by atoms with van der Waals surface area (Å²) in [5.41, 5.74) is 2.57. The van der Waals surface area contributed by atoms with E-state index in [2.05, 4.69) is 5.32 Å². The summed E-state index contributed by atoms with van der Waals surface area (Å²) in [6.45, 7) is 2.29. The molecule has 0 bridgehead atoms. The van der Waals surface area contributed by atoms with Gasteiger partial charge in [0.25, 0.3) is 5.69 Å². The minimum absolute atomic E-state index is 0.0711. The van der Waals surface area contributed by atoms with Crippen LogP contribution in [0.15, 0.2) is 30.3 Å². The molecule has 0 saturated carbocycles. The zero-order valence-electron chi connectivity index (χ0n) is 14.1. The Hall–Kier alpha value is -2.96. The predicted octanol–water partition coefficient (Wildman–Crippen LogP) is 3.54. The molecule has 0 unspecified atom stereocenters. The number of benzene rings is 2. The molecular weight excluding hydrogens is 312 g/mol. The normalized spacial score (nSPS) is 10.2. The average molecular weight is 332 g/mol. The molecule has 0 aliphatic carbocycles. The van der Waals surface area contributed by atoms with Crippen molar-refractivity contribution >= 4 is 11.4 Å². The van der Waals surface area contributed by atoms with E-state index in [0.29, 0.717) is 23.8 Å². The van der Waals surface area contributed by atoms with Crippen molar-refractivity contribution in [2.45, 2.75) is 13.5 Å². The fourth-order valence-electron chi connectivity index (χ4n) is 2.38. The Kier molecular flexibility index (Phi) is 5.47. The number of nitrogens with zero attached hydrogens (tertiary/aromatic N) is 1. The fraction of sp³-hybridized carbons (Fsp3) is 0.294. The fourth-order valence-corrected chi connectivity index (χ4v) is 2.38. The molecule has 0 amide bonds. The van der Waals surface area contributed by atoms with E-state index in [1.165, 1.54) is 12.1 Å². The minimum atomic E-state index is -0.409. The Morgan fingerprint density at radius 2 is 1.62 bits per heavy atom. The van der Waals surface area contributed by atoms with Crippen molar-refractivity contribution in [1.82, 2.24) is 0 Å². The molecule has 0 radical (unpaired) electrons. The second kappa shape index (κ2) is 7.54. The molecule has 0 atom stereocenters. The van der Waals surface area contributed by atoms with Gasteiger partial charge < -0.3 is 19.5 Å². The van der Waals surface area contributed by atoms with E-state index in [4.69, 9.17) is 14.2 Å². The Morgan fingerprint density at radius 1 is 1.00 bits per heavy atom. The summed E-state index contributed by atoms with van der Waals surface area (Å²) in [5, 5.41) is 14.1. The van der Waals surface area contributed by atoms with Gasteiger partial charge in [-0.3, -0.25) is 10.1 Å². The lowest BCUT2D eigenvalue weighted by molar-refractivity contribution is -0.384. The van der Waals surface area contributed by atoms with Crippen LogP contribution in [0.5, 0.6) is 17.2 Å². The quantitative estimate of drug-likeness (QED) is 0.617. The van der Waals surface area contributed by atoms with Crippen LogP contribution in [-0.4, -0.2) is 26.3 Å². The van der Waals surface area contributed by atoms with Crippen LogP contribution in [0.2, 0.25) is 0 Å². The molecular formula is C17H20N2O5. The van der Waals surface area contributed by atoms with Crippen LogP contribution in [0.1, 0.15) is 11.1 Å². The molecule has 24 heavy (non-hydrogen) atoms. The van der Waals surface area contributed by atoms with Gasteiger partial charge in [-0.2, -0.15) is 0 Å². The largest absolute Gasteiger partial charge is 0.496 e. The molecule has 1 N–H and O–H groups in total. The number of non-ortho nitro benzene ring substituents is 1. The predicted molar refractivity (Wildman–Crippen MR) is 91.3 cm³/mol. The SMILES string of the molecule is COc1cc(OC)c(OC)cc1CNc1ccc([N+](=O)[O-])cc1C. The second-order valence-corrected chi connectivity index (χ2v) is 5.13. The third-order valence-electron chi connectivity index (χ3n) is 3.68. The molecule has 2 aromatic carbocycles. The summed E-state index contributed by atoms with van der Waals surface area (Å²) in [5.74, 6) is 1.86. The monoisotopic (exact) mass is 332 g/mol. The van der Waals surface area contributed by atoms with Crippen molar-refractivity contribution in [3.8, 4) is 17.2 Å². The van der Waals surface area contributed by atoms with Crippen LogP contribution in [0.25, 0.3) is 0 Å². The van der Waals surface area contributed by atoms with E-state index in [9.17, 15) is 10.1 Å². The van der Waals surface area contributed by atoms with Gasteiger partial charge in [-0.15, -0.1) is 0 Å². The van der Waals surface area contributed by atoms with Crippen molar-refractivity contribution in [3.63, 3.8) is 0 Å². The minimum Gasteiger partial charge on any atom is -0.496 e. The summed E-state index contributed by atoms with van der Waals surface area (Å²) in [7, 11) is 4.72. The number of nitro groups is 1. The first-order chi connectivity index (χ1) is 11.5. The molecule has 0 aliphatic rings. The lowest BCUT2D eigenvalue weighted by Gasteiger charge is -2.15. The van der Waals surface area contributed by atoms with Gasteiger partial charge in [-0.1, -0.05) is 0 Å². The number of nitrogens with one attached hydrogen (secondary N) is 1. The molecule has 0 fully saturated rings. The Balaban J connectivity index is 2.24. The summed E-state index contributed by atoms with van der Waals surface area (Å²) >= 11 is 0. The maximum Gasteiger partial charge on any atom is 0.269 e. The van der Waals surface area contributed by atoms with Crippen molar-refractivity contribution in [3.05, 3.63) is 51.6 Å². The molecule has 0 heterocycles. The number of ether oxygens (including phenoxy) is 3. The van der Waals surface area contributed by atoms with Crippen molar-refractivity contribution in [2.24, 2.45) is 0 Å². The number of anilines is 1. The van der Waals surface area contributed by atoms with Crippen LogP contribution >= 0.6 is 0 Å². The molecule has 2 aromatic rings. The highest BCUT2D eigenvalue weighted by molar-refractivity contribution is 5.57. The highest BCUT2D eigenvalue weighted by atomic mass is 16.6. The van der Waals surface area contributed by atoms with Crippen LogP contribution in [0, 0.1) is 17.0 Å². The van der Waals surface area contributed by atoms with Gasteiger partial charge in [0.2, 0.25) is 0 Å². The van der Waals surface area contributed by atoms with E-state index in [1.54, 1.807) is 33.5 Å². The molecule has 7 nitrogen and oxygen atoms in total. The number of hydrogen-bond acceptors (Lipinski definition) is 6. The molecule has 2 rings (SSSR count). The van der Waals surface area contributed by atoms with Gasteiger partial charge in [0, 0.05) is 36.0 Å². The molecule has 0 aliphatic heterocycles. The third kappa shape index (κ3) is 3.68. The van der Waals surface area contributed by atoms with Gasteiger partial charge >= 0.3 is 0 Å². The van der Waals surface area contributed by atoms with Gasteiger partial charge in [-0.25, -0.2) is 0 Å². The van der Waals surface area contributed by atoms with Crippen molar-refractivity contribution in [1.29, 1.82) is 0 Å². The van der Waals surface area contributed by atoms with Crippen LogP contribution in [0.3, 0.4) is 0 Å². The van der Waals surface area contributed by atoms with Gasteiger partial charge in [0.05, 0.1) is 26.3 Å². The smallest absolute Gasteiger partial charge is 0.269 e. The lowest BCUT2D eigenvalue weighted by atomic mass is 10.1. The van der Waals surface area contributed by atoms with Gasteiger partial charge in [0.1, 0.15) is 5.75 Å². The summed E-state index contributed by atoms with van der Waals surface area (Å²) in [6.07, 6.45) is 0. The first kappa shape index (κ1) is 17.4. The maximum absolute atomic E-state index is 10.8. The summed E-state index contributed by atoms with van der Waals surface area (Å²) in [4.78, 5) is 10.4. The molecule has 0 saturated heterocycles. The molecule has 128 valence electrons. The number of methoxy groups -OCH3 is 3. The van der Waals surface area contributed by atoms with Gasteiger partial charge in [0.15, 0.2) is 11.5 Å². The summed E-state index contributed by atoms with van der Waals surface area (Å²) < 4.78 is 16.0. The highest BCUT2D eigenvalue weighted by Gasteiger charge is 2.13. The van der Waals surface area contributed by atoms with Crippen molar-refractivity contribution < 1.29 is 19.1 Å². The van der Waals surface area contributed by atoms with Crippen LogP contribution in [0.4, 0.5) is 11.4 Å². The lowest BCUT2D eigenvalue weighted by Crippen LogP contribution is -2.04. The molecule has 7 heteroatoms. The zero-order chi connectivity index (χ0) is 17.7.